The summed E-state index contributed by atoms with van der Waals surface area (Å²) in [7, 11) is 0. The molecule has 0 fully saturated rings. The predicted octanol–water partition coefficient (Wildman–Crippen LogP) is -0.536. The van der Waals surface area contributed by atoms with Gasteiger partial charge in [0.25, 0.3) is 5.69 Å². The maximum atomic E-state index is 11.7. The van der Waals surface area contributed by atoms with Gasteiger partial charge in [-0.3, -0.25) is 19.7 Å². The summed E-state index contributed by atoms with van der Waals surface area (Å²) in [5.41, 5.74) is -5.35. The second-order valence-corrected chi connectivity index (χ2v) is 5.83. The first kappa shape index (κ1) is 19.9. The summed E-state index contributed by atoms with van der Waals surface area (Å²) in [6, 6.07) is 1.84. The molecule has 5 N–H and O–H groups in total. The highest BCUT2D eigenvalue weighted by molar-refractivity contribution is 6.01. The smallest absolute Gasteiger partial charge is 0.372 e. The van der Waals surface area contributed by atoms with Crippen LogP contribution >= 0.6 is 0 Å². The third-order valence-electron chi connectivity index (χ3n) is 4.00. The number of rotatable bonds is 6. The Bertz CT molecular complexity index is 1380. The maximum Gasteiger partial charge on any atom is 0.372 e. The number of nitro groups is 1. The molecule has 0 amide bonds. The summed E-state index contributed by atoms with van der Waals surface area (Å²) in [6.45, 7) is -0.732. The van der Waals surface area contributed by atoms with Gasteiger partial charge in [-0.2, -0.15) is 0 Å². The number of H-pyrrole nitrogens is 2. The van der Waals surface area contributed by atoms with Crippen molar-refractivity contribution in [2.24, 2.45) is 0 Å². The predicted molar refractivity (Wildman–Crippen MR) is 94.1 cm³/mol. The van der Waals surface area contributed by atoms with Crippen LogP contribution in [0.25, 0.3) is 11.0 Å². The van der Waals surface area contributed by atoms with E-state index in [9.17, 15) is 44.3 Å². The summed E-state index contributed by atoms with van der Waals surface area (Å²) in [4.78, 5) is 75.6. The van der Waals surface area contributed by atoms with E-state index in [0.717, 1.165) is 12.1 Å². The molecule has 15 heteroatoms. The number of nitrogens with zero attached hydrogens (tertiary/aromatic N) is 3. The van der Waals surface area contributed by atoms with E-state index in [-0.39, 0.29) is 16.6 Å². The van der Waals surface area contributed by atoms with E-state index in [1.54, 1.807) is 0 Å². The van der Waals surface area contributed by atoms with Gasteiger partial charge in [-0.15, -0.1) is 0 Å². The van der Waals surface area contributed by atoms with E-state index in [2.05, 4.69) is 15.0 Å². The molecule has 3 rings (SSSR count). The Balaban J connectivity index is 2.37. The van der Waals surface area contributed by atoms with Crippen molar-refractivity contribution in [3.63, 3.8) is 0 Å². The standard InChI is InChI=1S/C15H9N5O10/c21-11-12(22)18-7-4(1-5(20(29)30)2-6(7)16-11)3-19-9(14(25)26)8(13(23)24)17-10(19)15(27)28/h1-2H,3H2,(H,16,21)(H,18,22)(H,23,24)(H,25,26)(H,27,28). The van der Waals surface area contributed by atoms with Crippen molar-refractivity contribution in [1.29, 1.82) is 0 Å². The number of nitro benzene ring substituents is 1. The van der Waals surface area contributed by atoms with Crippen LogP contribution in [0.15, 0.2) is 21.7 Å². The van der Waals surface area contributed by atoms with Crippen molar-refractivity contribution >= 4 is 34.6 Å². The molecule has 0 bridgehead atoms. The molecule has 2 aromatic heterocycles. The number of carboxylic acids is 3. The molecule has 1 aromatic carbocycles. The van der Waals surface area contributed by atoms with Crippen molar-refractivity contribution in [3.05, 3.63) is 65.7 Å². The number of fused-ring (bicyclic) bond motifs is 1. The summed E-state index contributed by atoms with van der Waals surface area (Å²) in [6.07, 6.45) is 0. The fourth-order valence-electron chi connectivity index (χ4n) is 2.82. The van der Waals surface area contributed by atoms with Crippen molar-refractivity contribution < 1.29 is 34.6 Å². The highest BCUT2D eigenvalue weighted by atomic mass is 16.6. The molecule has 0 aliphatic carbocycles. The Kier molecular flexibility index (Phi) is 4.63. The van der Waals surface area contributed by atoms with Gasteiger partial charge in [-0.25, -0.2) is 19.4 Å². The molecule has 30 heavy (non-hydrogen) atoms. The lowest BCUT2D eigenvalue weighted by atomic mass is 10.1. The molecule has 0 aliphatic heterocycles. The van der Waals surface area contributed by atoms with Gasteiger partial charge >= 0.3 is 29.0 Å². The van der Waals surface area contributed by atoms with Gasteiger partial charge in [0.05, 0.1) is 22.5 Å². The molecule has 0 saturated carbocycles. The average molecular weight is 419 g/mol. The van der Waals surface area contributed by atoms with Gasteiger partial charge in [0.1, 0.15) is 0 Å². The number of aromatic amines is 2. The second kappa shape index (κ2) is 6.97. The lowest BCUT2D eigenvalue weighted by Crippen LogP contribution is -2.29. The van der Waals surface area contributed by atoms with Gasteiger partial charge in [0, 0.05) is 17.7 Å². The third-order valence-corrected chi connectivity index (χ3v) is 4.00. The summed E-state index contributed by atoms with van der Waals surface area (Å²) < 4.78 is 0.510. The quantitative estimate of drug-likeness (QED) is 0.193. The van der Waals surface area contributed by atoms with Gasteiger partial charge in [0.2, 0.25) is 5.82 Å². The Morgan fingerprint density at radius 2 is 1.67 bits per heavy atom. The average Bonchev–Trinajstić information content (AvgIpc) is 3.03. The van der Waals surface area contributed by atoms with Crippen LogP contribution in [0.5, 0.6) is 0 Å². The van der Waals surface area contributed by atoms with Crippen LogP contribution in [0.1, 0.15) is 37.2 Å². The van der Waals surface area contributed by atoms with Crippen LogP contribution in [0, 0.1) is 10.1 Å². The monoisotopic (exact) mass is 419 g/mol. The lowest BCUT2D eigenvalue weighted by molar-refractivity contribution is -0.384. The first-order valence-electron chi connectivity index (χ1n) is 7.75. The molecule has 0 aliphatic rings. The van der Waals surface area contributed by atoms with Crippen molar-refractivity contribution in [2.75, 3.05) is 0 Å². The molecule has 0 spiro atoms. The minimum Gasteiger partial charge on any atom is -0.476 e. The number of carboxylic acid groups (broad SMARTS) is 3. The normalized spacial score (nSPS) is 10.8. The molecular weight excluding hydrogens is 410 g/mol. The van der Waals surface area contributed by atoms with E-state index in [1.807, 2.05) is 0 Å². The van der Waals surface area contributed by atoms with Gasteiger partial charge < -0.3 is 29.9 Å². The Hall–Kier alpha value is -4.82. The van der Waals surface area contributed by atoms with Gasteiger partial charge in [0.15, 0.2) is 11.4 Å². The number of nitrogens with one attached hydrogen (secondary N) is 2. The van der Waals surface area contributed by atoms with Crippen LogP contribution in [0.2, 0.25) is 0 Å². The Morgan fingerprint density at radius 1 is 1.03 bits per heavy atom. The molecule has 154 valence electrons. The number of aromatic nitrogens is 4. The number of non-ortho nitro benzene ring substituents is 1. The van der Waals surface area contributed by atoms with E-state index in [1.165, 1.54) is 0 Å². The number of carbonyl (C=O) groups is 3. The minimum absolute atomic E-state index is 0.150. The van der Waals surface area contributed by atoms with Crippen LogP contribution in [-0.2, 0) is 6.54 Å². The highest BCUT2D eigenvalue weighted by Gasteiger charge is 2.30. The largest absolute Gasteiger partial charge is 0.476 e. The number of aromatic carboxylic acids is 3. The van der Waals surface area contributed by atoms with Crippen molar-refractivity contribution in [1.82, 2.24) is 19.5 Å². The fraction of sp³-hybridized carbons (Fsp3) is 0.0667. The SMILES string of the molecule is O=C(O)c1nc(C(=O)O)n(Cc2cc([N+](=O)[O-])cc3[nH]c(=O)c(=O)[nH]c23)c1C(=O)O. The maximum absolute atomic E-state index is 11.7. The Labute approximate surface area is 162 Å². The summed E-state index contributed by atoms with van der Waals surface area (Å²) >= 11 is 0. The number of hydrogen-bond acceptors (Lipinski definition) is 8. The summed E-state index contributed by atoms with van der Waals surface area (Å²) in [5, 5.41) is 39.0. The topological polar surface area (TPSA) is 239 Å². The van der Waals surface area contributed by atoms with E-state index in [0.29, 0.717) is 4.57 Å². The molecule has 15 nitrogen and oxygen atoms in total. The highest BCUT2D eigenvalue weighted by Crippen LogP contribution is 2.24. The number of hydrogen-bond donors (Lipinski definition) is 5. The van der Waals surface area contributed by atoms with Crippen molar-refractivity contribution in [3.8, 4) is 0 Å². The van der Waals surface area contributed by atoms with Crippen LogP contribution < -0.4 is 11.1 Å². The lowest BCUT2D eigenvalue weighted by Gasteiger charge is -2.11. The van der Waals surface area contributed by atoms with Gasteiger partial charge in [-0.1, -0.05) is 0 Å². The van der Waals surface area contributed by atoms with Crippen LogP contribution in [0.4, 0.5) is 5.69 Å². The zero-order valence-corrected chi connectivity index (χ0v) is 14.4. The molecule has 0 saturated heterocycles. The van der Waals surface area contributed by atoms with E-state index < -0.39 is 63.4 Å². The Morgan fingerprint density at radius 3 is 2.20 bits per heavy atom. The zero-order chi connectivity index (χ0) is 22.3. The molecule has 2 heterocycles. The second-order valence-electron chi connectivity index (χ2n) is 5.83. The molecular formula is C15H9N5O10. The van der Waals surface area contributed by atoms with E-state index >= 15 is 0 Å². The first-order chi connectivity index (χ1) is 14.0. The van der Waals surface area contributed by atoms with Gasteiger partial charge in [-0.05, 0) is 0 Å². The third kappa shape index (κ3) is 3.26. The van der Waals surface area contributed by atoms with Crippen molar-refractivity contribution in [2.45, 2.75) is 6.54 Å². The molecule has 0 atom stereocenters. The number of imidazole rings is 1. The first-order valence-corrected chi connectivity index (χ1v) is 7.75. The zero-order valence-electron chi connectivity index (χ0n) is 14.4. The molecule has 3 aromatic rings. The van der Waals surface area contributed by atoms with E-state index in [4.69, 9.17) is 5.11 Å². The fourth-order valence-corrected chi connectivity index (χ4v) is 2.82. The van der Waals surface area contributed by atoms with Crippen LogP contribution in [0.3, 0.4) is 0 Å². The number of benzene rings is 1. The molecule has 0 unspecified atom stereocenters. The summed E-state index contributed by atoms with van der Waals surface area (Å²) in [5.74, 6) is -6.35. The minimum atomic E-state index is -1.82. The molecule has 0 radical (unpaired) electrons. The van der Waals surface area contributed by atoms with Crippen LogP contribution in [-0.4, -0.2) is 57.7 Å².